The quantitative estimate of drug-likeness (QED) is 0.396. The second-order valence-corrected chi connectivity index (χ2v) is 9.78. The summed E-state index contributed by atoms with van der Waals surface area (Å²) in [5.41, 5.74) is 4.39. The summed E-state index contributed by atoms with van der Waals surface area (Å²) < 4.78 is 32.3. The molecule has 1 aromatic heterocycles. The van der Waals surface area contributed by atoms with Gasteiger partial charge in [0.15, 0.2) is 5.76 Å². The maximum Gasteiger partial charge on any atom is 0.252 e. The Morgan fingerprint density at radius 2 is 1.62 bits per heavy atom. The Morgan fingerprint density at radius 3 is 2.35 bits per heavy atom. The summed E-state index contributed by atoms with van der Waals surface area (Å²) >= 11 is 0. The fourth-order valence-electron chi connectivity index (χ4n) is 3.54. The SMILES string of the molecule is CNS(=O)(=O)Cc1ccccc1CNC(=O)c1ccccc1-c1ncc(-c2ccc(C)cc2)o1. The zero-order chi connectivity index (χ0) is 24.1. The van der Waals surface area contributed by atoms with E-state index in [-0.39, 0.29) is 18.2 Å². The topological polar surface area (TPSA) is 101 Å². The van der Waals surface area contributed by atoms with Gasteiger partial charge in [-0.2, -0.15) is 0 Å². The van der Waals surface area contributed by atoms with Crippen molar-refractivity contribution in [2.45, 2.75) is 19.2 Å². The van der Waals surface area contributed by atoms with Gasteiger partial charge in [0.05, 0.1) is 17.5 Å². The van der Waals surface area contributed by atoms with Crippen LogP contribution in [0, 0.1) is 6.92 Å². The average Bonchev–Trinajstić information content (AvgIpc) is 3.34. The molecule has 0 fully saturated rings. The molecule has 0 saturated heterocycles. The molecule has 2 N–H and O–H groups in total. The predicted octanol–water partition coefficient (Wildman–Crippen LogP) is 4.30. The number of carbonyl (C=O) groups excluding carboxylic acids is 1. The molecule has 0 saturated carbocycles. The number of aromatic nitrogens is 1. The van der Waals surface area contributed by atoms with E-state index in [1.165, 1.54) is 7.05 Å². The molecule has 0 aliphatic rings. The van der Waals surface area contributed by atoms with E-state index in [2.05, 4.69) is 15.0 Å². The van der Waals surface area contributed by atoms with Crippen LogP contribution >= 0.6 is 0 Å². The second kappa shape index (κ2) is 10.0. The highest BCUT2D eigenvalue weighted by Gasteiger charge is 2.18. The molecule has 0 aliphatic carbocycles. The van der Waals surface area contributed by atoms with Gasteiger partial charge in [0.2, 0.25) is 15.9 Å². The molecule has 0 atom stereocenters. The lowest BCUT2D eigenvalue weighted by molar-refractivity contribution is 0.0951. The molecule has 34 heavy (non-hydrogen) atoms. The van der Waals surface area contributed by atoms with Crippen molar-refractivity contribution in [1.82, 2.24) is 15.0 Å². The molecule has 4 aromatic rings. The number of hydrogen-bond acceptors (Lipinski definition) is 5. The second-order valence-electron chi connectivity index (χ2n) is 7.86. The smallest absolute Gasteiger partial charge is 0.252 e. The number of rotatable bonds is 8. The number of nitrogens with one attached hydrogen (secondary N) is 2. The van der Waals surface area contributed by atoms with E-state index in [0.29, 0.717) is 28.3 Å². The lowest BCUT2D eigenvalue weighted by Crippen LogP contribution is -2.25. The van der Waals surface area contributed by atoms with Crippen molar-refractivity contribution in [2.24, 2.45) is 0 Å². The zero-order valence-corrected chi connectivity index (χ0v) is 19.7. The van der Waals surface area contributed by atoms with Gasteiger partial charge in [-0.05, 0) is 37.2 Å². The van der Waals surface area contributed by atoms with Crippen molar-refractivity contribution in [2.75, 3.05) is 7.05 Å². The minimum atomic E-state index is -3.43. The van der Waals surface area contributed by atoms with E-state index in [4.69, 9.17) is 4.42 Å². The van der Waals surface area contributed by atoms with Crippen molar-refractivity contribution in [3.63, 3.8) is 0 Å². The Kier molecular flexibility index (Phi) is 6.90. The van der Waals surface area contributed by atoms with Gasteiger partial charge in [-0.3, -0.25) is 4.79 Å². The molecule has 7 nitrogen and oxygen atoms in total. The predicted molar refractivity (Wildman–Crippen MR) is 131 cm³/mol. The average molecular weight is 476 g/mol. The van der Waals surface area contributed by atoms with E-state index in [0.717, 1.165) is 16.7 Å². The molecular formula is C26H25N3O4S. The monoisotopic (exact) mass is 475 g/mol. The van der Waals surface area contributed by atoms with Gasteiger partial charge in [0.25, 0.3) is 5.91 Å². The Hall–Kier alpha value is -3.75. The van der Waals surface area contributed by atoms with Crippen LogP contribution in [-0.4, -0.2) is 26.4 Å². The van der Waals surface area contributed by atoms with Gasteiger partial charge in [-0.25, -0.2) is 18.1 Å². The van der Waals surface area contributed by atoms with Crippen LogP contribution < -0.4 is 10.0 Å². The summed E-state index contributed by atoms with van der Waals surface area (Å²) in [6, 6.07) is 22.1. The molecule has 0 aliphatic heterocycles. The van der Waals surface area contributed by atoms with E-state index in [1.807, 2.05) is 43.3 Å². The molecule has 8 heteroatoms. The highest BCUT2D eigenvalue weighted by atomic mass is 32.2. The molecule has 1 amide bonds. The lowest BCUT2D eigenvalue weighted by atomic mass is 10.1. The minimum absolute atomic E-state index is 0.162. The van der Waals surface area contributed by atoms with Gasteiger partial charge < -0.3 is 9.73 Å². The number of hydrogen-bond donors (Lipinski definition) is 2. The number of amides is 1. The molecule has 3 aromatic carbocycles. The first-order valence-electron chi connectivity index (χ1n) is 10.7. The number of benzene rings is 3. The zero-order valence-electron chi connectivity index (χ0n) is 18.9. The number of nitrogens with zero attached hydrogens (tertiary/aromatic N) is 1. The van der Waals surface area contributed by atoms with Crippen molar-refractivity contribution in [3.8, 4) is 22.8 Å². The third kappa shape index (κ3) is 5.41. The molecule has 0 bridgehead atoms. The lowest BCUT2D eigenvalue weighted by Gasteiger charge is -2.12. The number of sulfonamides is 1. The Bertz CT molecular complexity index is 1410. The van der Waals surface area contributed by atoms with E-state index < -0.39 is 10.0 Å². The number of oxazole rings is 1. The third-order valence-corrected chi connectivity index (χ3v) is 6.77. The van der Waals surface area contributed by atoms with Gasteiger partial charge in [0, 0.05) is 17.7 Å². The summed E-state index contributed by atoms with van der Waals surface area (Å²) in [6.07, 6.45) is 1.65. The van der Waals surface area contributed by atoms with Gasteiger partial charge in [-0.15, -0.1) is 0 Å². The van der Waals surface area contributed by atoms with Gasteiger partial charge in [0.1, 0.15) is 0 Å². The molecule has 0 unspecified atom stereocenters. The summed E-state index contributed by atoms with van der Waals surface area (Å²) in [7, 11) is -2.06. The molecule has 4 rings (SSSR count). The van der Waals surface area contributed by atoms with E-state index >= 15 is 0 Å². The number of carbonyl (C=O) groups is 1. The molecule has 174 valence electrons. The van der Waals surface area contributed by atoms with E-state index in [9.17, 15) is 13.2 Å². The summed E-state index contributed by atoms with van der Waals surface area (Å²) in [5.74, 6) is 0.494. The normalized spacial score (nSPS) is 11.4. The van der Waals surface area contributed by atoms with Gasteiger partial charge >= 0.3 is 0 Å². The standard InChI is InChI=1S/C26H25N3O4S/c1-18-11-13-19(14-12-18)24-16-29-26(33-24)23-10-6-5-9-22(23)25(30)28-15-20-7-3-4-8-21(20)17-34(31,32)27-2/h3-14,16,27H,15,17H2,1-2H3,(H,28,30). The highest BCUT2D eigenvalue weighted by molar-refractivity contribution is 7.88. The molecule has 1 heterocycles. The first kappa shape index (κ1) is 23.4. The highest BCUT2D eigenvalue weighted by Crippen LogP contribution is 2.28. The first-order valence-corrected chi connectivity index (χ1v) is 12.4. The van der Waals surface area contributed by atoms with Crippen LogP contribution in [0.5, 0.6) is 0 Å². The van der Waals surface area contributed by atoms with Crippen molar-refractivity contribution in [1.29, 1.82) is 0 Å². The van der Waals surface area contributed by atoms with Crippen LogP contribution in [-0.2, 0) is 22.3 Å². The molecular weight excluding hydrogens is 450 g/mol. The Balaban J connectivity index is 1.54. The fraction of sp³-hybridized carbons (Fsp3) is 0.154. The summed E-state index contributed by atoms with van der Waals surface area (Å²) in [5, 5.41) is 2.89. The van der Waals surface area contributed by atoms with Crippen molar-refractivity contribution in [3.05, 3.63) is 101 Å². The van der Waals surface area contributed by atoms with Crippen LogP contribution in [0.2, 0.25) is 0 Å². The van der Waals surface area contributed by atoms with Crippen LogP contribution in [0.1, 0.15) is 27.0 Å². The van der Waals surface area contributed by atoms with Crippen LogP contribution in [0.3, 0.4) is 0 Å². The third-order valence-electron chi connectivity index (χ3n) is 5.46. The maximum absolute atomic E-state index is 13.1. The Morgan fingerprint density at radius 1 is 0.941 bits per heavy atom. The van der Waals surface area contributed by atoms with Crippen molar-refractivity contribution >= 4 is 15.9 Å². The summed E-state index contributed by atoms with van der Waals surface area (Å²) in [4.78, 5) is 17.5. The van der Waals surface area contributed by atoms with E-state index in [1.54, 1.807) is 42.6 Å². The van der Waals surface area contributed by atoms with Crippen molar-refractivity contribution < 1.29 is 17.6 Å². The minimum Gasteiger partial charge on any atom is -0.436 e. The van der Waals surface area contributed by atoms with Gasteiger partial charge in [-0.1, -0.05) is 66.2 Å². The summed E-state index contributed by atoms with van der Waals surface area (Å²) in [6.45, 7) is 2.20. The number of aryl methyl sites for hydroxylation is 1. The van der Waals surface area contributed by atoms with Crippen LogP contribution in [0.15, 0.2) is 83.4 Å². The molecule has 0 spiro atoms. The molecule has 0 radical (unpaired) electrons. The Labute approximate surface area is 198 Å². The largest absolute Gasteiger partial charge is 0.436 e. The first-order chi connectivity index (χ1) is 16.4. The van der Waals surface area contributed by atoms with Crippen LogP contribution in [0.25, 0.3) is 22.8 Å². The maximum atomic E-state index is 13.1. The fourth-order valence-corrected chi connectivity index (χ4v) is 4.37. The van der Waals surface area contributed by atoms with Crippen LogP contribution in [0.4, 0.5) is 0 Å².